The molecule has 5 heteroatoms. The van der Waals surface area contributed by atoms with Gasteiger partial charge >= 0.3 is 0 Å². The number of rotatable bonds is 5. The maximum Gasteiger partial charge on any atom is 0.251 e. The van der Waals surface area contributed by atoms with E-state index in [9.17, 15) is 9.18 Å². The van der Waals surface area contributed by atoms with E-state index in [1.807, 2.05) is 12.1 Å². The van der Waals surface area contributed by atoms with Crippen molar-refractivity contribution in [1.29, 1.82) is 0 Å². The number of likely N-dealkylation sites (tertiary alicyclic amines) is 1. The van der Waals surface area contributed by atoms with E-state index in [1.54, 1.807) is 6.26 Å². The van der Waals surface area contributed by atoms with Crippen molar-refractivity contribution in [1.82, 2.24) is 10.2 Å². The molecule has 2 aromatic rings. The second-order valence-corrected chi connectivity index (χ2v) is 6.20. The van der Waals surface area contributed by atoms with Gasteiger partial charge in [0.25, 0.3) is 5.91 Å². The van der Waals surface area contributed by atoms with E-state index in [-0.39, 0.29) is 17.8 Å². The summed E-state index contributed by atoms with van der Waals surface area (Å²) in [5.74, 6) is 0.335. The van der Waals surface area contributed by atoms with Crippen LogP contribution in [0.2, 0.25) is 0 Å². The quantitative estimate of drug-likeness (QED) is 0.908. The number of nitrogens with one attached hydrogen (secondary N) is 1. The highest BCUT2D eigenvalue weighted by atomic mass is 19.1. The van der Waals surface area contributed by atoms with Crippen molar-refractivity contribution in [2.24, 2.45) is 0 Å². The summed E-state index contributed by atoms with van der Waals surface area (Å²) in [5.41, 5.74) is 0.463. The van der Waals surface area contributed by atoms with E-state index in [0.717, 1.165) is 18.8 Å². The smallest absolute Gasteiger partial charge is 0.251 e. The highest BCUT2D eigenvalue weighted by molar-refractivity contribution is 5.94. The SMILES string of the molecule is O=C(NCC(c1ccco1)N1CCCCCC1)c1ccc(F)cc1. The number of hydrogen-bond acceptors (Lipinski definition) is 3. The molecule has 1 saturated heterocycles. The molecular formula is C19H23FN2O2. The zero-order valence-electron chi connectivity index (χ0n) is 13.7. The van der Waals surface area contributed by atoms with Crippen LogP contribution in [0.15, 0.2) is 47.1 Å². The van der Waals surface area contributed by atoms with Crippen LogP contribution in [-0.2, 0) is 0 Å². The molecule has 2 heterocycles. The third kappa shape index (κ3) is 4.23. The summed E-state index contributed by atoms with van der Waals surface area (Å²) in [6.45, 7) is 2.50. The van der Waals surface area contributed by atoms with Gasteiger partial charge in [0.15, 0.2) is 0 Å². The van der Waals surface area contributed by atoms with Crippen LogP contribution in [0.1, 0.15) is 47.8 Å². The van der Waals surface area contributed by atoms with E-state index in [1.165, 1.54) is 49.9 Å². The van der Waals surface area contributed by atoms with Crippen LogP contribution < -0.4 is 5.32 Å². The van der Waals surface area contributed by atoms with Crippen molar-refractivity contribution in [2.75, 3.05) is 19.6 Å². The normalized spacial score (nSPS) is 17.2. The lowest BCUT2D eigenvalue weighted by Crippen LogP contribution is -2.38. The summed E-state index contributed by atoms with van der Waals surface area (Å²) in [6.07, 6.45) is 6.51. The van der Waals surface area contributed by atoms with Crippen LogP contribution in [-0.4, -0.2) is 30.4 Å². The van der Waals surface area contributed by atoms with Gasteiger partial charge in [-0.15, -0.1) is 0 Å². The molecular weight excluding hydrogens is 307 g/mol. The summed E-state index contributed by atoms with van der Waals surface area (Å²) in [6, 6.07) is 9.46. The van der Waals surface area contributed by atoms with Crippen LogP contribution in [0, 0.1) is 5.82 Å². The fourth-order valence-electron chi connectivity index (χ4n) is 3.19. The predicted molar refractivity (Wildman–Crippen MR) is 90.2 cm³/mol. The fourth-order valence-corrected chi connectivity index (χ4v) is 3.19. The molecule has 24 heavy (non-hydrogen) atoms. The van der Waals surface area contributed by atoms with Gasteiger partial charge in [0.2, 0.25) is 0 Å². The second kappa shape index (κ2) is 8.11. The van der Waals surface area contributed by atoms with Crippen LogP contribution >= 0.6 is 0 Å². The number of hydrogen-bond donors (Lipinski definition) is 1. The van der Waals surface area contributed by atoms with Crippen LogP contribution in [0.3, 0.4) is 0 Å². The molecule has 0 radical (unpaired) electrons. The molecule has 1 amide bonds. The fraction of sp³-hybridized carbons (Fsp3) is 0.421. The first-order valence-electron chi connectivity index (χ1n) is 8.55. The number of carbonyl (C=O) groups excluding carboxylic acids is 1. The predicted octanol–water partition coefficient (Wildman–Crippen LogP) is 3.77. The zero-order chi connectivity index (χ0) is 16.8. The van der Waals surface area contributed by atoms with Gasteiger partial charge in [-0.1, -0.05) is 12.8 Å². The first-order valence-corrected chi connectivity index (χ1v) is 8.55. The van der Waals surface area contributed by atoms with E-state index in [4.69, 9.17) is 4.42 Å². The van der Waals surface area contributed by atoms with E-state index < -0.39 is 0 Å². The molecule has 1 fully saturated rings. The van der Waals surface area contributed by atoms with Gasteiger partial charge in [0.1, 0.15) is 11.6 Å². The second-order valence-electron chi connectivity index (χ2n) is 6.20. The van der Waals surface area contributed by atoms with Gasteiger partial charge < -0.3 is 9.73 Å². The minimum atomic E-state index is -0.343. The summed E-state index contributed by atoms with van der Waals surface area (Å²) in [5, 5.41) is 2.96. The number of carbonyl (C=O) groups is 1. The molecule has 1 N–H and O–H groups in total. The highest BCUT2D eigenvalue weighted by Crippen LogP contribution is 2.24. The lowest BCUT2D eigenvalue weighted by molar-refractivity contribution is 0.0927. The Hall–Kier alpha value is -2.14. The molecule has 4 nitrogen and oxygen atoms in total. The van der Waals surface area contributed by atoms with Crippen molar-refractivity contribution in [3.8, 4) is 0 Å². The minimum Gasteiger partial charge on any atom is -0.468 e. The van der Waals surface area contributed by atoms with Crippen molar-refractivity contribution in [3.63, 3.8) is 0 Å². The van der Waals surface area contributed by atoms with Crippen molar-refractivity contribution >= 4 is 5.91 Å². The third-order valence-corrected chi connectivity index (χ3v) is 4.52. The van der Waals surface area contributed by atoms with Crippen LogP contribution in [0.5, 0.6) is 0 Å². The summed E-state index contributed by atoms with van der Waals surface area (Å²) in [7, 11) is 0. The highest BCUT2D eigenvalue weighted by Gasteiger charge is 2.24. The third-order valence-electron chi connectivity index (χ3n) is 4.52. The molecule has 0 spiro atoms. The van der Waals surface area contributed by atoms with Crippen LogP contribution in [0.4, 0.5) is 4.39 Å². The summed E-state index contributed by atoms with van der Waals surface area (Å²) < 4.78 is 18.6. The number of amides is 1. The van der Waals surface area contributed by atoms with Gasteiger partial charge in [-0.2, -0.15) is 0 Å². The maximum absolute atomic E-state index is 13.0. The molecule has 1 unspecified atom stereocenters. The Kier molecular flexibility index (Phi) is 5.64. The Labute approximate surface area is 141 Å². The topological polar surface area (TPSA) is 45.5 Å². The van der Waals surface area contributed by atoms with Gasteiger partial charge in [-0.25, -0.2) is 4.39 Å². The number of furan rings is 1. The minimum absolute atomic E-state index is 0.0301. The average molecular weight is 330 g/mol. The van der Waals surface area contributed by atoms with Gasteiger partial charge in [-0.05, 0) is 62.3 Å². The van der Waals surface area contributed by atoms with Crippen LogP contribution in [0.25, 0.3) is 0 Å². The number of nitrogens with zero attached hydrogens (tertiary/aromatic N) is 1. The lowest BCUT2D eigenvalue weighted by Gasteiger charge is -2.29. The Bertz CT molecular complexity index is 632. The summed E-state index contributed by atoms with van der Waals surface area (Å²) in [4.78, 5) is 14.7. The first-order chi connectivity index (χ1) is 11.7. The number of benzene rings is 1. The van der Waals surface area contributed by atoms with Gasteiger partial charge in [0.05, 0.1) is 12.3 Å². The van der Waals surface area contributed by atoms with Crippen molar-refractivity contribution in [2.45, 2.75) is 31.7 Å². The molecule has 0 saturated carbocycles. The molecule has 1 atom stereocenters. The standard InChI is InChI=1S/C19H23FN2O2/c20-16-9-7-15(8-10-16)19(23)21-14-17(18-6-5-13-24-18)22-11-3-1-2-4-12-22/h5-10,13,17H,1-4,11-12,14H2,(H,21,23). The molecule has 1 aliphatic heterocycles. The van der Waals surface area contributed by atoms with E-state index >= 15 is 0 Å². The lowest BCUT2D eigenvalue weighted by atomic mass is 10.1. The molecule has 3 rings (SSSR count). The largest absolute Gasteiger partial charge is 0.468 e. The van der Waals surface area contributed by atoms with E-state index in [2.05, 4.69) is 10.2 Å². The number of halogens is 1. The molecule has 1 aromatic heterocycles. The van der Waals surface area contributed by atoms with E-state index in [0.29, 0.717) is 12.1 Å². The Morgan fingerprint density at radius 1 is 1.12 bits per heavy atom. The molecule has 0 aliphatic carbocycles. The van der Waals surface area contributed by atoms with Crippen molar-refractivity contribution < 1.29 is 13.6 Å². The maximum atomic E-state index is 13.0. The monoisotopic (exact) mass is 330 g/mol. The first kappa shape index (κ1) is 16.7. The van der Waals surface area contributed by atoms with Gasteiger partial charge in [0, 0.05) is 12.1 Å². The zero-order valence-corrected chi connectivity index (χ0v) is 13.7. The average Bonchev–Trinajstić information content (AvgIpc) is 2.98. The molecule has 1 aromatic carbocycles. The Balaban J connectivity index is 1.67. The molecule has 1 aliphatic rings. The molecule has 0 bridgehead atoms. The summed E-state index contributed by atoms with van der Waals surface area (Å²) >= 11 is 0. The van der Waals surface area contributed by atoms with Gasteiger partial charge in [-0.3, -0.25) is 9.69 Å². The van der Waals surface area contributed by atoms with Crippen molar-refractivity contribution in [3.05, 3.63) is 59.8 Å². The Morgan fingerprint density at radius 2 is 1.83 bits per heavy atom. The molecule has 128 valence electrons. The Morgan fingerprint density at radius 3 is 2.46 bits per heavy atom.